The fourth-order valence-corrected chi connectivity index (χ4v) is 3.43. The lowest BCUT2D eigenvalue weighted by molar-refractivity contribution is 0.107. The summed E-state index contributed by atoms with van der Waals surface area (Å²) in [5.41, 5.74) is 5.00. The summed E-state index contributed by atoms with van der Waals surface area (Å²) in [6.45, 7) is 9.62. The van der Waals surface area contributed by atoms with Gasteiger partial charge in [-0.1, -0.05) is 39.0 Å². The fraction of sp³-hybridized carbons (Fsp3) is 0.667. The second-order valence-corrected chi connectivity index (χ2v) is 7.35. The highest BCUT2D eigenvalue weighted by Gasteiger charge is 2.26. The van der Waals surface area contributed by atoms with E-state index in [4.69, 9.17) is 0 Å². The first kappa shape index (κ1) is 13.2. The van der Waals surface area contributed by atoms with E-state index in [2.05, 4.69) is 43.9 Å². The lowest BCUT2D eigenvalue weighted by Crippen LogP contribution is -2.45. The molecule has 0 aromatic heterocycles. The van der Waals surface area contributed by atoms with Gasteiger partial charge in [0.15, 0.2) is 0 Å². The average Bonchev–Trinajstić information content (AvgIpc) is 2.48. The average molecular weight is 257 g/mol. The largest absolute Gasteiger partial charge is 0.300 e. The van der Waals surface area contributed by atoms with Gasteiger partial charge in [0.1, 0.15) is 0 Å². The van der Waals surface area contributed by atoms with Crippen LogP contribution in [0.2, 0.25) is 0 Å². The van der Waals surface area contributed by atoms with Gasteiger partial charge in [0.05, 0.1) is 0 Å². The molecule has 0 bridgehead atoms. The summed E-state index contributed by atoms with van der Waals surface area (Å²) in [6, 6.07) is 8.07. The van der Waals surface area contributed by atoms with Gasteiger partial charge < -0.3 is 4.90 Å². The maximum Gasteiger partial charge on any atom is 0.0102 e. The Bertz CT molecular complexity index is 451. The van der Waals surface area contributed by atoms with Gasteiger partial charge in [-0.25, -0.2) is 0 Å². The van der Waals surface area contributed by atoms with E-state index in [1.807, 2.05) is 0 Å². The normalized spacial score (nSPS) is 24.5. The van der Waals surface area contributed by atoms with E-state index in [-0.39, 0.29) is 5.41 Å². The number of benzene rings is 1. The number of nitrogens with zero attached hydrogens (tertiary/aromatic N) is 1. The van der Waals surface area contributed by atoms with Crippen molar-refractivity contribution in [3.8, 4) is 0 Å². The van der Waals surface area contributed by atoms with Gasteiger partial charge in [-0.15, -0.1) is 0 Å². The van der Waals surface area contributed by atoms with Crippen LogP contribution in [0.15, 0.2) is 18.2 Å². The van der Waals surface area contributed by atoms with Crippen LogP contribution in [0.3, 0.4) is 0 Å². The van der Waals surface area contributed by atoms with Crippen molar-refractivity contribution in [1.82, 2.24) is 4.90 Å². The second-order valence-electron chi connectivity index (χ2n) is 7.35. The first-order chi connectivity index (χ1) is 9.04. The van der Waals surface area contributed by atoms with Crippen LogP contribution in [0.25, 0.3) is 0 Å². The lowest BCUT2D eigenvalue weighted by atomic mass is 9.84. The van der Waals surface area contributed by atoms with Crippen LogP contribution in [0.5, 0.6) is 0 Å². The number of hydrogen-bond donors (Lipinski definition) is 0. The highest BCUT2D eigenvalue weighted by Crippen LogP contribution is 2.30. The third-order valence-corrected chi connectivity index (χ3v) is 4.97. The van der Waals surface area contributed by atoms with Crippen molar-refractivity contribution >= 4 is 0 Å². The summed E-state index contributed by atoms with van der Waals surface area (Å²) in [6.07, 6.45) is 6.70. The zero-order chi connectivity index (χ0) is 13.5. The molecule has 1 fully saturated rings. The molecular weight excluding hydrogens is 230 g/mol. The van der Waals surface area contributed by atoms with Crippen LogP contribution in [-0.4, -0.2) is 24.0 Å². The summed E-state index contributed by atoms with van der Waals surface area (Å²) in [5, 5.41) is 0. The van der Waals surface area contributed by atoms with Crippen molar-refractivity contribution in [1.29, 1.82) is 0 Å². The number of likely N-dealkylation sites (tertiary alicyclic amines) is 1. The minimum Gasteiger partial charge on any atom is -0.300 e. The van der Waals surface area contributed by atoms with E-state index in [0.717, 1.165) is 6.04 Å². The third kappa shape index (κ3) is 2.72. The molecule has 1 aliphatic carbocycles. The van der Waals surface area contributed by atoms with Crippen LogP contribution in [-0.2, 0) is 18.3 Å². The molecule has 1 saturated heterocycles. The Morgan fingerprint density at radius 3 is 2.26 bits per heavy atom. The standard InChI is InChI=1S/C18H27N/c1-18(2,3)16-8-5-14-6-9-17(19-11-4-12-19)10-7-15(14)13-16/h5,8,13,17H,4,6-7,9-12H2,1-3H3. The van der Waals surface area contributed by atoms with Gasteiger partial charge in [-0.3, -0.25) is 0 Å². The van der Waals surface area contributed by atoms with Crippen LogP contribution in [0.1, 0.15) is 56.7 Å². The summed E-state index contributed by atoms with van der Waals surface area (Å²) in [5.74, 6) is 0. The molecule has 3 rings (SSSR count). The molecule has 104 valence electrons. The first-order valence-electron chi connectivity index (χ1n) is 7.90. The zero-order valence-corrected chi connectivity index (χ0v) is 12.7. The number of fused-ring (bicyclic) bond motifs is 1. The van der Waals surface area contributed by atoms with E-state index in [0.29, 0.717) is 0 Å². The molecule has 1 aromatic rings. The molecule has 0 saturated carbocycles. The quantitative estimate of drug-likeness (QED) is 0.689. The fourth-order valence-electron chi connectivity index (χ4n) is 3.43. The summed E-state index contributed by atoms with van der Waals surface area (Å²) in [7, 11) is 0. The van der Waals surface area contributed by atoms with Crippen LogP contribution in [0, 0.1) is 0 Å². The van der Waals surface area contributed by atoms with Gasteiger partial charge in [-0.2, -0.15) is 0 Å². The monoisotopic (exact) mass is 257 g/mol. The topological polar surface area (TPSA) is 3.24 Å². The van der Waals surface area contributed by atoms with Crippen LogP contribution >= 0.6 is 0 Å². The molecule has 1 aliphatic heterocycles. The number of hydrogen-bond acceptors (Lipinski definition) is 1. The van der Waals surface area contributed by atoms with Crippen molar-refractivity contribution < 1.29 is 0 Å². The smallest absolute Gasteiger partial charge is 0.0102 e. The minimum atomic E-state index is 0.276. The molecule has 19 heavy (non-hydrogen) atoms. The van der Waals surface area contributed by atoms with Crippen molar-refractivity contribution in [3.05, 3.63) is 34.9 Å². The molecule has 1 nitrogen and oxygen atoms in total. The van der Waals surface area contributed by atoms with Gasteiger partial charge in [-0.05, 0) is 67.3 Å². The number of aryl methyl sites for hydroxylation is 2. The molecule has 1 aromatic carbocycles. The molecule has 1 heteroatoms. The molecule has 1 unspecified atom stereocenters. The van der Waals surface area contributed by atoms with Gasteiger partial charge >= 0.3 is 0 Å². The van der Waals surface area contributed by atoms with Crippen molar-refractivity contribution in [2.75, 3.05) is 13.1 Å². The SMILES string of the molecule is CC(C)(C)c1ccc2c(c1)CCC(N1CCC1)CC2. The van der Waals surface area contributed by atoms with E-state index in [9.17, 15) is 0 Å². The molecule has 2 aliphatic rings. The van der Waals surface area contributed by atoms with Crippen LogP contribution in [0.4, 0.5) is 0 Å². The minimum absolute atomic E-state index is 0.276. The van der Waals surface area contributed by atoms with Crippen molar-refractivity contribution in [2.24, 2.45) is 0 Å². The summed E-state index contributed by atoms with van der Waals surface area (Å²) >= 11 is 0. The van der Waals surface area contributed by atoms with E-state index in [1.165, 1.54) is 50.8 Å². The predicted octanol–water partition coefficient (Wildman–Crippen LogP) is 3.94. The maximum atomic E-state index is 2.69. The molecule has 0 N–H and O–H groups in total. The second kappa shape index (κ2) is 4.94. The molecule has 0 amide bonds. The highest BCUT2D eigenvalue weighted by molar-refractivity contribution is 5.36. The summed E-state index contributed by atoms with van der Waals surface area (Å²) in [4.78, 5) is 2.69. The number of rotatable bonds is 1. The predicted molar refractivity (Wildman–Crippen MR) is 81.8 cm³/mol. The molecule has 0 radical (unpaired) electrons. The van der Waals surface area contributed by atoms with Gasteiger partial charge in [0, 0.05) is 6.04 Å². The Kier molecular flexibility index (Phi) is 3.42. The molecule has 0 spiro atoms. The molecular formula is C18H27N. The first-order valence-corrected chi connectivity index (χ1v) is 7.90. The summed E-state index contributed by atoms with van der Waals surface area (Å²) < 4.78 is 0. The van der Waals surface area contributed by atoms with E-state index >= 15 is 0 Å². The maximum absolute atomic E-state index is 2.69. The van der Waals surface area contributed by atoms with Gasteiger partial charge in [0.2, 0.25) is 0 Å². The molecule has 1 heterocycles. The zero-order valence-electron chi connectivity index (χ0n) is 12.7. The Morgan fingerprint density at radius 1 is 1.00 bits per heavy atom. The Morgan fingerprint density at radius 2 is 1.68 bits per heavy atom. The van der Waals surface area contributed by atoms with Gasteiger partial charge in [0.25, 0.3) is 0 Å². The van der Waals surface area contributed by atoms with Crippen LogP contribution < -0.4 is 0 Å². The Labute approximate surface area is 118 Å². The van der Waals surface area contributed by atoms with Crippen molar-refractivity contribution in [3.63, 3.8) is 0 Å². The van der Waals surface area contributed by atoms with E-state index in [1.54, 1.807) is 11.1 Å². The third-order valence-electron chi connectivity index (χ3n) is 4.97. The highest BCUT2D eigenvalue weighted by atomic mass is 15.2. The van der Waals surface area contributed by atoms with Crippen molar-refractivity contribution in [2.45, 2.75) is 64.3 Å². The van der Waals surface area contributed by atoms with E-state index < -0.39 is 0 Å². The molecule has 1 atom stereocenters. The lowest BCUT2D eigenvalue weighted by Gasteiger charge is -2.38. The Hall–Kier alpha value is -0.820. The Balaban J connectivity index is 1.78.